The van der Waals surface area contributed by atoms with Gasteiger partial charge in [-0.2, -0.15) is 5.26 Å². The third-order valence-electron chi connectivity index (χ3n) is 3.03. The summed E-state index contributed by atoms with van der Waals surface area (Å²) in [6.07, 6.45) is 1.26. The highest BCUT2D eigenvalue weighted by molar-refractivity contribution is 14.1. The van der Waals surface area contributed by atoms with E-state index in [1.54, 1.807) is 6.07 Å². The standard InChI is InChI=1S/C13H11IN4O4S/c1-22-13(19)12-11(16)7(5-15)6-18(12)9-3-2-8(14)4-10(9)23(17,20)21/h2-4,6H,16H2,1H3,(H2,17,20,21). The number of nitrogens with zero attached hydrogens (tertiary/aromatic N) is 2. The minimum atomic E-state index is -4.07. The maximum Gasteiger partial charge on any atom is 0.357 e. The summed E-state index contributed by atoms with van der Waals surface area (Å²) in [5.74, 6) is -0.803. The van der Waals surface area contributed by atoms with Gasteiger partial charge in [0, 0.05) is 9.77 Å². The van der Waals surface area contributed by atoms with Crippen LogP contribution in [0.2, 0.25) is 0 Å². The second kappa shape index (κ2) is 6.19. The van der Waals surface area contributed by atoms with Crippen LogP contribution >= 0.6 is 22.6 Å². The first-order chi connectivity index (χ1) is 10.7. The Labute approximate surface area is 145 Å². The lowest BCUT2D eigenvalue weighted by Crippen LogP contribution is -2.18. The molecule has 0 unspecified atom stereocenters. The van der Waals surface area contributed by atoms with E-state index >= 15 is 0 Å². The van der Waals surface area contributed by atoms with Crippen LogP contribution in [0.4, 0.5) is 5.69 Å². The molecular formula is C13H11IN4O4S. The number of primary sulfonamides is 1. The van der Waals surface area contributed by atoms with E-state index in [0.717, 1.165) is 7.11 Å². The number of rotatable bonds is 3. The number of nitrogen functional groups attached to an aromatic ring is 1. The molecule has 4 N–H and O–H groups in total. The van der Waals surface area contributed by atoms with Crippen LogP contribution in [0.5, 0.6) is 0 Å². The van der Waals surface area contributed by atoms with E-state index in [1.165, 1.54) is 22.9 Å². The Morgan fingerprint density at radius 3 is 2.61 bits per heavy atom. The smallest absolute Gasteiger partial charge is 0.357 e. The molecule has 0 saturated heterocycles. The van der Waals surface area contributed by atoms with E-state index < -0.39 is 16.0 Å². The number of esters is 1. The van der Waals surface area contributed by atoms with Gasteiger partial charge in [-0.1, -0.05) is 0 Å². The van der Waals surface area contributed by atoms with Crippen LogP contribution in [-0.2, 0) is 14.8 Å². The second-order valence-corrected chi connectivity index (χ2v) is 7.21. The van der Waals surface area contributed by atoms with Gasteiger partial charge in [-0.15, -0.1) is 0 Å². The lowest BCUT2D eigenvalue weighted by atomic mass is 10.2. The number of aromatic nitrogens is 1. The lowest BCUT2D eigenvalue weighted by Gasteiger charge is -2.12. The third kappa shape index (κ3) is 3.16. The molecule has 1 heterocycles. The van der Waals surface area contributed by atoms with E-state index in [0.29, 0.717) is 3.57 Å². The summed E-state index contributed by atoms with van der Waals surface area (Å²) in [6.45, 7) is 0. The summed E-state index contributed by atoms with van der Waals surface area (Å²) >= 11 is 1.93. The van der Waals surface area contributed by atoms with Gasteiger partial charge in [0.05, 0.1) is 24.0 Å². The van der Waals surface area contributed by atoms with Crippen molar-refractivity contribution in [2.24, 2.45) is 5.14 Å². The maximum absolute atomic E-state index is 12.0. The Morgan fingerprint density at radius 2 is 2.09 bits per heavy atom. The van der Waals surface area contributed by atoms with Crippen molar-refractivity contribution < 1.29 is 17.9 Å². The molecule has 23 heavy (non-hydrogen) atoms. The number of hydrogen-bond acceptors (Lipinski definition) is 6. The van der Waals surface area contributed by atoms with Gasteiger partial charge < -0.3 is 15.0 Å². The fraction of sp³-hybridized carbons (Fsp3) is 0.0769. The molecule has 0 radical (unpaired) electrons. The van der Waals surface area contributed by atoms with Crippen molar-refractivity contribution in [3.05, 3.63) is 39.2 Å². The molecule has 0 saturated carbocycles. The van der Waals surface area contributed by atoms with Crippen LogP contribution in [0.25, 0.3) is 5.69 Å². The summed E-state index contributed by atoms with van der Waals surface area (Å²) in [5, 5.41) is 14.3. The number of hydrogen-bond donors (Lipinski definition) is 2. The first-order valence-electron chi connectivity index (χ1n) is 6.02. The number of carbonyl (C=O) groups excluding carboxylic acids is 1. The number of halogens is 1. The topological polar surface area (TPSA) is 141 Å². The first-order valence-corrected chi connectivity index (χ1v) is 8.65. The number of carbonyl (C=O) groups is 1. The van der Waals surface area contributed by atoms with Crippen LogP contribution in [0, 0.1) is 14.9 Å². The maximum atomic E-state index is 12.0. The van der Waals surface area contributed by atoms with Crippen molar-refractivity contribution in [3.8, 4) is 11.8 Å². The van der Waals surface area contributed by atoms with Crippen molar-refractivity contribution in [1.82, 2.24) is 4.57 Å². The zero-order valence-corrected chi connectivity index (χ0v) is 14.8. The number of sulfonamides is 1. The second-order valence-electron chi connectivity index (χ2n) is 4.44. The molecule has 1 aromatic carbocycles. The van der Waals surface area contributed by atoms with E-state index in [9.17, 15) is 13.2 Å². The fourth-order valence-corrected chi connectivity index (χ4v) is 3.47. The number of anilines is 1. The predicted molar refractivity (Wildman–Crippen MR) is 90.3 cm³/mol. The summed E-state index contributed by atoms with van der Waals surface area (Å²) in [4.78, 5) is 11.8. The Kier molecular flexibility index (Phi) is 4.64. The van der Waals surface area contributed by atoms with Gasteiger partial charge in [0.25, 0.3) is 0 Å². The van der Waals surface area contributed by atoms with E-state index in [1.807, 2.05) is 28.7 Å². The molecule has 0 bridgehead atoms. The van der Waals surface area contributed by atoms with E-state index in [-0.39, 0.29) is 27.5 Å². The molecule has 0 aliphatic heterocycles. The van der Waals surface area contributed by atoms with Crippen molar-refractivity contribution in [1.29, 1.82) is 5.26 Å². The summed E-state index contributed by atoms with van der Waals surface area (Å²) in [7, 11) is -2.91. The largest absolute Gasteiger partial charge is 0.464 e. The normalized spacial score (nSPS) is 11.0. The number of methoxy groups -OCH3 is 1. The average molecular weight is 446 g/mol. The minimum Gasteiger partial charge on any atom is -0.464 e. The van der Waals surface area contributed by atoms with Gasteiger partial charge in [-0.05, 0) is 40.8 Å². The number of ether oxygens (including phenoxy) is 1. The van der Waals surface area contributed by atoms with Gasteiger partial charge >= 0.3 is 5.97 Å². The van der Waals surface area contributed by atoms with Crippen LogP contribution in [0.3, 0.4) is 0 Å². The molecule has 0 aliphatic rings. The highest BCUT2D eigenvalue weighted by Crippen LogP contribution is 2.29. The highest BCUT2D eigenvalue weighted by atomic mass is 127. The van der Waals surface area contributed by atoms with Crippen LogP contribution in [0.15, 0.2) is 29.3 Å². The zero-order valence-electron chi connectivity index (χ0n) is 11.8. The molecule has 8 nitrogen and oxygen atoms in total. The van der Waals surface area contributed by atoms with Crippen molar-refractivity contribution in [2.75, 3.05) is 12.8 Å². The first kappa shape index (κ1) is 17.3. The van der Waals surface area contributed by atoms with Crippen LogP contribution < -0.4 is 10.9 Å². The minimum absolute atomic E-state index is 0.0179. The van der Waals surface area contributed by atoms with Crippen molar-refractivity contribution in [2.45, 2.75) is 4.90 Å². The Morgan fingerprint density at radius 1 is 1.43 bits per heavy atom. The van der Waals surface area contributed by atoms with Crippen molar-refractivity contribution >= 4 is 44.3 Å². The Bertz CT molecular complexity index is 944. The van der Waals surface area contributed by atoms with Crippen LogP contribution in [-0.4, -0.2) is 26.1 Å². The summed E-state index contributed by atoms with van der Waals surface area (Å²) < 4.78 is 30.2. The van der Waals surface area contributed by atoms with Gasteiger partial charge in [-0.3, -0.25) is 0 Å². The van der Waals surface area contributed by atoms with Gasteiger partial charge in [-0.25, -0.2) is 18.4 Å². The molecule has 0 atom stereocenters. The molecule has 10 heteroatoms. The molecular weight excluding hydrogens is 435 g/mol. The summed E-state index contributed by atoms with van der Waals surface area (Å²) in [6, 6.07) is 6.29. The quantitative estimate of drug-likeness (QED) is 0.532. The zero-order chi connectivity index (χ0) is 17.4. The molecule has 2 aromatic rings. The SMILES string of the molecule is COC(=O)c1c(N)c(C#N)cn1-c1ccc(I)cc1S(N)(=O)=O. The summed E-state index contributed by atoms with van der Waals surface area (Å²) in [5.41, 5.74) is 5.67. The molecule has 120 valence electrons. The molecule has 0 spiro atoms. The van der Waals surface area contributed by atoms with Crippen LogP contribution in [0.1, 0.15) is 16.1 Å². The molecule has 0 amide bonds. The predicted octanol–water partition coefficient (Wildman–Crippen LogP) is 0.970. The Balaban J connectivity index is 2.89. The molecule has 2 rings (SSSR count). The lowest BCUT2D eigenvalue weighted by molar-refractivity contribution is 0.0593. The molecule has 1 aromatic heterocycles. The van der Waals surface area contributed by atoms with Gasteiger partial charge in [0.2, 0.25) is 10.0 Å². The monoisotopic (exact) mass is 446 g/mol. The van der Waals surface area contributed by atoms with E-state index in [4.69, 9.17) is 16.1 Å². The van der Waals surface area contributed by atoms with Crippen molar-refractivity contribution in [3.63, 3.8) is 0 Å². The molecule has 0 fully saturated rings. The fourth-order valence-electron chi connectivity index (χ4n) is 2.02. The Hall–Kier alpha value is -2.10. The highest BCUT2D eigenvalue weighted by Gasteiger charge is 2.25. The van der Waals surface area contributed by atoms with Gasteiger partial charge in [0.15, 0.2) is 5.69 Å². The number of nitriles is 1. The number of benzene rings is 1. The molecule has 0 aliphatic carbocycles. The third-order valence-corrected chi connectivity index (χ3v) is 4.64. The van der Waals surface area contributed by atoms with Gasteiger partial charge in [0.1, 0.15) is 11.0 Å². The van der Waals surface area contributed by atoms with E-state index in [2.05, 4.69) is 4.74 Å². The number of nitrogens with two attached hydrogens (primary N) is 2. The average Bonchev–Trinajstić information content (AvgIpc) is 2.82.